The van der Waals surface area contributed by atoms with Crippen LogP contribution in [0.4, 0.5) is 0 Å². The maximum atomic E-state index is 4.25. The van der Waals surface area contributed by atoms with Gasteiger partial charge in [-0.15, -0.1) is 0 Å². The summed E-state index contributed by atoms with van der Waals surface area (Å²) in [5.74, 6) is 0. The molecule has 4 aromatic carbocycles. The van der Waals surface area contributed by atoms with Gasteiger partial charge in [0.15, 0.2) is 11.7 Å². The summed E-state index contributed by atoms with van der Waals surface area (Å²) < 4.78 is 2.59. The van der Waals surface area contributed by atoms with Crippen molar-refractivity contribution in [2.45, 2.75) is 57.9 Å². The van der Waals surface area contributed by atoms with Crippen molar-refractivity contribution >= 4 is 0 Å². The number of rotatable bonds is 7. The Kier molecular flexibility index (Phi) is 7.45. The van der Waals surface area contributed by atoms with Crippen LogP contribution in [-0.4, -0.2) is 4.98 Å². The van der Waals surface area contributed by atoms with Gasteiger partial charge in [-0.05, 0) is 112 Å². The smallest absolute Gasteiger partial charge is 0.213 e. The van der Waals surface area contributed by atoms with E-state index in [1.165, 1.54) is 61.3 Å². The molecule has 45 heavy (non-hydrogen) atoms. The fraction of sp³-hybridized carbons (Fsp3) is 0.209. The fourth-order valence-electron chi connectivity index (χ4n) is 8.04. The molecule has 0 bridgehead atoms. The van der Waals surface area contributed by atoms with Crippen LogP contribution in [0, 0.1) is 0 Å². The Morgan fingerprint density at radius 2 is 1.07 bits per heavy atom. The van der Waals surface area contributed by atoms with Gasteiger partial charge in [-0.2, -0.15) is 4.57 Å². The molecule has 0 amide bonds. The molecule has 0 N–H and O–H groups in total. The number of pyridine rings is 2. The Morgan fingerprint density at radius 3 is 1.73 bits per heavy atom. The molecule has 1 aliphatic rings. The Morgan fingerprint density at radius 1 is 0.511 bits per heavy atom. The summed E-state index contributed by atoms with van der Waals surface area (Å²) in [6.07, 6.45) is 9.34. The third kappa shape index (κ3) is 4.71. The third-order valence-electron chi connectivity index (χ3n) is 10.7. The van der Waals surface area contributed by atoms with Crippen molar-refractivity contribution in [2.75, 3.05) is 0 Å². The highest BCUT2D eigenvalue weighted by molar-refractivity contribution is 5.83. The zero-order valence-electron chi connectivity index (χ0n) is 26.8. The van der Waals surface area contributed by atoms with E-state index in [4.69, 9.17) is 0 Å². The molecule has 0 aliphatic carbocycles. The second-order valence-electron chi connectivity index (χ2n) is 12.6. The SMILES string of the molecule is CCC1(C)c2ccc(-c3cccc(-c4cc(-c5ccccc5)cc(-c5ccncc5)c4)c3)cc2-c2cccc[n+]2C1(CC)CC. The molecule has 0 saturated carbocycles. The summed E-state index contributed by atoms with van der Waals surface area (Å²) in [7, 11) is 0. The lowest BCUT2D eigenvalue weighted by Crippen LogP contribution is -2.68. The number of benzene rings is 4. The van der Waals surface area contributed by atoms with Crippen LogP contribution >= 0.6 is 0 Å². The zero-order chi connectivity index (χ0) is 31.0. The van der Waals surface area contributed by atoms with Crippen LogP contribution in [0.2, 0.25) is 0 Å². The van der Waals surface area contributed by atoms with Gasteiger partial charge in [-0.25, -0.2) is 0 Å². The summed E-state index contributed by atoms with van der Waals surface area (Å²) in [6.45, 7) is 9.57. The van der Waals surface area contributed by atoms with E-state index in [9.17, 15) is 0 Å². The predicted octanol–water partition coefficient (Wildman–Crippen LogP) is 10.9. The lowest BCUT2D eigenvalue weighted by molar-refractivity contribution is -0.769. The third-order valence-corrected chi connectivity index (χ3v) is 10.7. The molecule has 2 heteroatoms. The second kappa shape index (κ2) is 11.6. The molecule has 2 aromatic heterocycles. The van der Waals surface area contributed by atoms with Gasteiger partial charge < -0.3 is 0 Å². The molecular weight excluding hydrogens is 544 g/mol. The quantitative estimate of drug-likeness (QED) is 0.170. The van der Waals surface area contributed by atoms with E-state index in [1.807, 2.05) is 12.4 Å². The van der Waals surface area contributed by atoms with Crippen molar-refractivity contribution in [1.82, 2.24) is 4.98 Å². The summed E-state index contributed by atoms with van der Waals surface area (Å²) in [4.78, 5) is 4.25. The Hall–Kier alpha value is -4.82. The normalized spacial score (nSPS) is 16.5. The van der Waals surface area contributed by atoms with E-state index in [2.05, 4.69) is 165 Å². The standard InChI is InChI=1S/C43H41N2/c1-5-42(4)40-20-19-35(30-39(40)41-18-11-12-25-45(41)43(42,6-2)7-3)33-16-13-17-34(26-33)38-28-36(31-14-9-8-10-15-31)27-37(29-38)32-21-23-44-24-22-32/h8-30H,5-7H2,1-4H3/q+1. The minimum absolute atomic E-state index is 0.0342. The van der Waals surface area contributed by atoms with Gasteiger partial charge >= 0.3 is 0 Å². The van der Waals surface area contributed by atoms with Crippen molar-refractivity contribution < 1.29 is 4.57 Å². The van der Waals surface area contributed by atoms with E-state index in [1.54, 1.807) is 0 Å². The Bertz CT molecular complexity index is 1910. The largest absolute Gasteiger partial charge is 0.265 e. The maximum absolute atomic E-state index is 4.25. The average Bonchev–Trinajstić information content (AvgIpc) is 3.12. The lowest BCUT2D eigenvalue weighted by Gasteiger charge is -2.47. The topological polar surface area (TPSA) is 16.8 Å². The van der Waals surface area contributed by atoms with Gasteiger partial charge in [-0.1, -0.05) is 81.4 Å². The first-order chi connectivity index (χ1) is 22.0. The van der Waals surface area contributed by atoms with Crippen LogP contribution in [0.15, 0.2) is 140 Å². The molecule has 6 aromatic rings. The molecule has 1 unspecified atom stereocenters. The molecule has 0 spiro atoms. The van der Waals surface area contributed by atoms with Crippen LogP contribution in [0.1, 0.15) is 52.5 Å². The average molecular weight is 586 g/mol. The Balaban J connectivity index is 1.36. The molecule has 222 valence electrons. The number of hydrogen-bond donors (Lipinski definition) is 0. The van der Waals surface area contributed by atoms with E-state index < -0.39 is 0 Å². The molecule has 0 saturated heterocycles. The zero-order valence-corrected chi connectivity index (χ0v) is 26.8. The second-order valence-corrected chi connectivity index (χ2v) is 12.6. The Labute approximate surface area is 268 Å². The predicted molar refractivity (Wildman–Crippen MR) is 188 cm³/mol. The van der Waals surface area contributed by atoms with Gasteiger partial charge in [-0.3, -0.25) is 4.98 Å². The van der Waals surface area contributed by atoms with Gasteiger partial charge in [0.25, 0.3) is 0 Å². The van der Waals surface area contributed by atoms with E-state index >= 15 is 0 Å². The number of hydrogen-bond acceptors (Lipinski definition) is 1. The molecule has 0 fully saturated rings. The van der Waals surface area contributed by atoms with Crippen LogP contribution in [0.3, 0.4) is 0 Å². The number of fused-ring (bicyclic) bond motifs is 3. The summed E-state index contributed by atoms with van der Waals surface area (Å²) >= 11 is 0. The lowest BCUT2D eigenvalue weighted by atomic mass is 9.58. The molecule has 0 radical (unpaired) electrons. The van der Waals surface area contributed by atoms with E-state index in [0.29, 0.717) is 0 Å². The monoisotopic (exact) mass is 585 g/mol. The molecule has 3 heterocycles. The van der Waals surface area contributed by atoms with Crippen LogP contribution in [-0.2, 0) is 11.0 Å². The first-order valence-electron chi connectivity index (χ1n) is 16.4. The molecular formula is C43H41N2+. The number of aromatic nitrogens is 2. The van der Waals surface area contributed by atoms with E-state index in [-0.39, 0.29) is 11.0 Å². The van der Waals surface area contributed by atoms with E-state index in [0.717, 1.165) is 19.3 Å². The molecule has 1 aliphatic heterocycles. The number of nitrogens with zero attached hydrogens (tertiary/aromatic N) is 2. The summed E-state index contributed by atoms with van der Waals surface area (Å²) in [6, 6.07) is 44.7. The van der Waals surface area contributed by atoms with Crippen molar-refractivity contribution in [1.29, 1.82) is 0 Å². The van der Waals surface area contributed by atoms with Gasteiger partial charge in [0, 0.05) is 37.4 Å². The minimum atomic E-state index is 0.0342. The molecule has 1 atom stereocenters. The molecule has 7 rings (SSSR count). The van der Waals surface area contributed by atoms with Crippen molar-refractivity contribution in [2.24, 2.45) is 0 Å². The maximum Gasteiger partial charge on any atom is 0.213 e. The van der Waals surface area contributed by atoms with Crippen molar-refractivity contribution in [3.8, 4) is 55.8 Å². The molecule has 2 nitrogen and oxygen atoms in total. The van der Waals surface area contributed by atoms with Gasteiger partial charge in [0.1, 0.15) is 0 Å². The van der Waals surface area contributed by atoms with Gasteiger partial charge in [0.05, 0.1) is 11.0 Å². The van der Waals surface area contributed by atoms with Crippen LogP contribution in [0.5, 0.6) is 0 Å². The van der Waals surface area contributed by atoms with Gasteiger partial charge in [0.2, 0.25) is 5.69 Å². The summed E-state index contributed by atoms with van der Waals surface area (Å²) in [5, 5.41) is 0. The first-order valence-corrected chi connectivity index (χ1v) is 16.4. The van der Waals surface area contributed by atoms with Crippen LogP contribution in [0.25, 0.3) is 55.8 Å². The fourth-order valence-corrected chi connectivity index (χ4v) is 8.04. The first kappa shape index (κ1) is 28.9. The van der Waals surface area contributed by atoms with Crippen LogP contribution < -0.4 is 4.57 Å². The highest BCUT2D eigenvalue weighted by Crippen LogP contribution is 2.51. The minimum Gasteiger partial charge on any atom is -0.265 e. The van der Waals surface area contributed by atoms with Crippen molar-refractivity contribution in [3.63, 3.8) is 0 Å². The summed E-state index contributed by atoms with van der Waals surface area (Å²) in [5.41, 5.74) is 13.9. The highest BCUT2D eigenvalue weighted by atomic mass is 15.1. The highest BCUT2D eigenvalue weighted by Gasteiger charge is 2.58. The van der Waals surface area contributed by atoms with Crippen molar-refractivity contribution in [3.05, 3.63) is 145 Å².